The van der Waals surface area contributed by atoms with Gasteiger partial charge >= 0.3 is 0 Å². The highest BCUT2D eigenvalue weighted by Crippen LogP contribution is 2.19. The van der Waals surface area contributed by atoms with Crippen LogP contribution >= 0.6 is 11.8 Å². The van der Waals surface area contributed by atoms with E-state index in [-0.39, 0.29) is 5.82 Å². The van der Waals surface area contributed by atoms with E-state index in [4.69, 9.17) is 11.6 Å². The minimum Gasteiger partial charge on any atom is -0.398 e. The van der Waals surface area contributed by atoms with E-state index in [1.54, 1.807) is 18.3 Å². The number of thioether (sulfide) groups is 1. The lowest BCUT2D eigenvalue weighted by molar-refractivity contribution is 0.623. The lowest BCUT2D eigenvalue weighted by atomic mass is 10.2. The van der Waals surface area contributed by atoms with Crippen molar-refractivity contribution in [3.8, 4) is 0 Å². The number of rotatable bonds is 2. The van der Waals surface area contributed by atoms with Crippen LogP contribution in [-0.4, -0.2) is 17.6 Å². The molecule has 0 bridgehead atoms. The fourth-order valence-corrected chi connectivity index (χ4v) is 1.94. The standard InChI is InChI=1S/C11H14FN5S/c1-18-11-15-6-9(13)10(16-11)17(14)8-4-2-3-7(12)5-8/h2-6,10H,13-14H2,1H3,(H,15,16). The molecule has 1 unspecified atom stereocenters. The minimum atomic E-state index is -0.532. The minimum absolute atomic E-state index is 0.353. The molecular weight excluding hydrogens is 253 g/mol. The van der Waals surface area contributed by atoms with Gasteiger partial charge in [0, 0.05) is 6.20 Å². The zero-order chi connectivity index (χ0) is 13.1. The van der Waals surface area contributed by atoms with Gasteiger partial charge in [0.2, 0.25) is 0 Å². The molecule has 0 saturated heterocycles. The third kappa shape index (κ3) is 2.57. The fraction of sp³-hybridized carbons (Fsp3) is 0.182. The van der Waals surface area contributed by atoms with Crippen LogP contribution in [0.15, 0.2) is 41.2 Å². The Morgan fingerprint density at radius 1 is 1.50 bits per heavy atom. The second kappa shape index (κ2) is 5.28. The molecule has 7 heteroatoms. The molecule has 0 spiro atoms. The second-order valence-electron chi connectivity index (χ2n) is 3.69. The maximum atomic E-state index is 13.2. The summed E-state index contributed by atoms with van der Waals surface area (Å²) in [6, 6.07) is 5.98. The average molecular weight is 267 g/mol. The third-order valence-corrected chi connectivity index (χ3v) is 3.07. The van der Waals surface area contributed by atoms with Crippen molar-refractivity contribution in [2.75, 3.05) is 11.3 Å². The van der Waals surface area contributed by atoms with Gasteiger partial charge in [-0.2, -0.15) is 0 Å². The van der Waals surface area contributed by atoms with Crippen LogP contribution in [0.1, 0.15) is 0 Å². The molecule has 0 saturated carbocycles. The molecule has 0 aliphatic carbocycles. The van der Waals surface area contributed by atoms with Gasteiger partial charge in [-0.25, -0.2) is 15.2 Å². The number of amidine groups is 1. The molecule has 0 aromatic heterocycles. The molecule has 5 N–H and O–H groups in total. The number of benzene rings is 1. The summed E-state index contributed by atoms with van der Waals surface area (Å²) in [5.74, 6) is 5.59. The molecule has 2 rings (SSSR count). The summed E-state index contributed by atoms with van der Waals surface area (Å²) in [5.41, 5.74) is 6.83. The lowest BCUT2D eigenvalue weighted by Crippen LogP contribution is -2.46. The monoisotopic (exact) mass is 267 g/mol. The van der Waals surface area contributed by atoms with Crippen LogP contribution in [0.5, 0.6) is 0 Å². The second-order valence-corrected chi connectivity index (χ2v) is 4.48. The molecule has 1 aromatic rings. The molecule has 0 radical (unpaired) electrons. The van der Waals surface area contributed by atoms with E-state index in [1.165, 1.54) is 28.9 Å². The number of nitrogens with two attached hydrogens (primary N) is 2. The summed E-state index contributed by atoms with van der Waals surface area (Å²) >= 11 is 1.45. The quantitative estimate of drug-likeness (QED) is 0.549. The molecule has 96 valence electrons. The van der Waals surface area contributed by atoms with E-state index < -0.39 is 6.17 Å². The summed E-state index contributed by atoms with van der Waals surface area (Å²) in [6.45, 7) is 0. The molecule has 1 atom stereocenters. The number of hydrogen-bond donors (Lipinski definition) is 3. The van der Waals surface area contributed by atoms with Crippen molar-refractivity contribution in [2.24, 2.45) is 16.6 Å². The van der Waals surface area contributed by atoms with Gasteiger partial charge in [0.05, 0.1) is 11.4 Å². The third-order valence-electron chi connectivity index (χ3n) is 2.46. The first-order valence-electron chi connectivity index (χ1n) is 5.25. The van der Waals surface area contributed by atoms with Crippen LogP contribution in [0, 0.1) is 5.82 Å². The van der Waals surface area contributed by atoms with Crippen LogP contribution < -0.4 is 21.9 Å². The Hall–Kier alpha value is -1.73. The van der Waals surface area contributed by atoms with Crippen LogP contribution in [0.2, 0.25) is 0 Å². The molecule has 1 aromatic carbocycles. The summed E-state index contributed by atoms with van der Waals surface area (Å²) in [4.78, 5) is 4.34. The van der Waals surface area contributed by atoms with E-state index in [1.807, 2.05) is 6.26 Å². The van der Waals surface area contributed by atoms with E-state index in [0.29, 0.717) is 16.6 Å². The number of aliphatic imine (C=N–C) groups is 1. The number of hydrogen-bond acceptors (Lipinski definition) is 6. The van der Waals surface area contributed by atoms with Gasteiger partial charge in [-0.05, 0) is 24.5 Å². The topological polar surface area (TPSA) is 79.7 Å². The van der Waals surface area contributed by atoms with Gasteiger partial charge in [-0.1, -0.05) is 17.8 Å². The molecule has 1 heterocycles. The summed E-state index contributed by atoms with van der Waals surface area (Å²) in [6.07, 6.45) is 3.00. The van der Waals surface area contributed by atoms with Crippen LogP contribution in [-0.2, 0) is 0 Å². The number of hydrazine groups is 1. The van der Waals surface area contributed by atoms with Crippen molar-refractivity contribution in [3.63, 3.8) is 0 Å². The van der Waals surface area contributed by atoms with E-state index in [0.717, 1.165) is 0 Å². The fourth-order valence-electron chi connectivity index (χ4n) is 1.55. The Morgan fingerprint density at radius 2 is 2.28 bits per heavy atom. The largest absolute Gasteiger partial charge is 0.398 e. The van der Waals surface area contributed by atoms with E-state index in [2.05, 4.69) is 10.3 Å². The predicted octanol–water partition coefficient (Wildman–Crippen LogP) is 0.954. The van der Waals surface area contributed by atoms with Gasteiger partial charge in [0.25, 0.3) is 0 Å². The van der Waals surface area contributed by atoms with E-state index in [9.17, 15) is 4.39 Å². The highest BCUT2D eigenvalue weighted by Gasteiger charge is 2.22. The zero-order valence-corrected chi connectivity index (χ0v) is 10.6. The first kappa shape index (κ1) is 12.7. The Bertz CT molecular complexity index is 502. The van der Waals surface area contributed by atoms with E-state index >= 15 is 0 Å². The smallest absolute Gasteiger partial charge is 0.179 e. The lowest BCUT2D eigenvalue weighted by Gasteiger charge is -2.29. The summed E-state index contributed by atoms with van der Waals surface area (Å²) in [7, 11) is 0. The normalized spacial score (nSPS) is 18.7. The van der Waals surface area contributed by atoms with Gasteiger partial charge in [0.1, 0.15) is 5.82 Å². The van der Waals surface area contributed by atoms with Crippen molar-refractivity contribution >= 4 is 22.6 Å². The summed E-state index contributed by atoms with van der Waals surface area (Å²) in [5, 5.41) is 4.98. The van der Waals surface area contributed by atoms with Crippen molar-refractivity contribution in [1.29, 1.82) is 0 Å². The molecule has 18 heavy (non-hydrogen) atoms. The van der Waals surface area contributed by atoms with Crippen molar-refractivity contribution in [2.45, 2.75) is 6.17 Å². The highest BCUT2D eigenvalue weighted by atomic mass is 32.2. The first-order chi connectivity index (χ1) is 8.61. The van der Waals surface area contributed by atoms with Gasteiger partial charge in [-0.15, -0.1) is 0 Å². The average Bonchev–Trinajstić information content (AvgIpc) is 2.38. The molecule has 1 aliphatic heterocycles. The Labute approximate surface area is 109 Å². The molecular formula is C11H14FN5S. The SMILES string of the molecule is CSC1=NC(N(N)c2cccc(F)c2)C(N)=CN1. The predicted molar refractivity (Wildman–Crippen MR) is 73.2 cm³/mol. The Morgan fingerprint density at radius 3 is 2.94 bits per heavy atom. The summed E-state index contributed by atoms with van der Waals surface area (Å²) < 4.78 is 13.2. The van der Waals surface area contributed by atoms with Gasteiger partial charge in [-0.3, -0.25) is 5.01 Å². The maximum absolute atomic E-state index is 13.2. The first-order valence-corrected chi connectivity index (χ1v) is 6.47. The van der Waals surface area contributed by atoms with Gasteiger partial charge in [0.15, 0.2) is 11.3 Å². The number of anilines is 1. The van der Waals surface area contributed by atoms with Crippen molar-refractivity contribution in [3.05, 3.63) is 42.0 Å². The highest BCUT2D eigenvalue weighted by molar-refractivity contribution is 8.13. The zero-order valence-electron chi connectivity index (χ0n) is 9.80. The van der Waals surface area contributed by atoms with Crippen LogP contribution in [0.4, 0.5) is 10.1 Å². The van der Waals surface area contributed by atoms with Gasteiger partial charge < -0.3 is 11.1 Å². The van der Waals surface area contributed by atoms with Crippen molar-refractivity contribution < 1.29 is 4.39 Å². The molecule has 1 aliphatic rings. The molecule has 0 amide bonds. The Kier molecular flexibility index (Phi) is 3.73. The molecule has 5 nitrogen and oxygen atoms in total. The van der Waals surface area contributed by atoms with Crippen LogP contribution in [0.25, 0.3) is 0 Å². The Balaban J connectivity index is 2.27. The maximum Gasteiger partial charge on any atom is 0.179 e. The number of nitrogens with zero attached hydrogens (tertiary/aromatic N) is 2. The van der Waals surface area contributed by atoms with Crippen LogP contribution in [0.3, 0.4) is 0 Å². The molecule has 0 fully saturated rings. The number of nitrogens with one attached hydrogen (secondary N) is 1. The van der Waals surface area contributed by atoms with Crippen molar-refractivity contribution in [1.82, 2.24) is 5.32 Å². The number of halogens is 1.